The zero-order chi connectivity index (χ0) is 15.9. The number of hydrogen-bond donors (Lipinski definition) is 2. The number of hydrogen-bond acceptors (Lipinski definition) is 3. The number of nitrogens with one attached hydrogen (secondary N) is 1. The minimum Gasteiger partial charge on any atom is -0.434 e. The minimum atomic E-state index is -2.87. The zero-order valence-corrected chi connectivity index (χ0v) is 13.1. The standard InChI is InChI=1S/C15H22ClF2NO2/c1-3-15(4-2,10-20)9-19-8-11-7-12(16)5-6-13(11)21-14(17)18/h5-7,14,19-20H,3-4,8-10H2,1-2H3. The molecule has 0 heterocycles. The number of rotatable bonds is 9. The van der Waals surface area contributed by atoms with Gasteiger partial charge in [0.25, 0.3) is 0 Å². The molecule has 120 valence electrons. The third kappa shape index (κ3) is 5.41. The Morgan fingerprint density at radius 3 is 2.52 bits per heavy atom. The lowest BCUT2D eigenvalue weighted by Gasteiger charge is -2.29. The molecule has 0 bridgehead atoms. The molecule has 0 saturated heterocycles. The number of aliphatic hydroxyl groups is 1. The molecule has 0 unspecified atom stereocenters. The van der Waals surface area contributed by atoms with Gasteiger partial charge in [0.1, 0.15) is 5.75 Å². The van der Waals surface area contributed by atoms with E-state index in [1.54, 1.807) is 6.07 Å². The monoisotopic (exact) mass is 321 g/mol. The Labute approximate surface area is 129 Å². The van der Waals surface area contributed by atoms with Crippen LogP contribution in [0.3, 0.4) is 0 Å². The summed E-state index contributed by atoms with van der Waals surface area (Å²) < 4.78 is 29.2. The first kappa shape index (κ1) is 18.1. The first-order valence-electron chi connectivity index (χ1n) is 7.01. The van der Waals surface area contributed by atoms with Gasteiger partial charge < -0.3 is 15.2 Å². The van der Waals surface area contributed by atoms with Crippen LogP contribution in [0, 0.1) is 5.41 Å². The molecule has 1 aromatic rings. The molecule has 0 fully saturated rings. The molecule has 0 saturated carbocycles. The zero-order valence-electron chi connectivity index (χ0n) is 12.3. The van der Waals surface area contributed by atoms with Gasteiger partial charge in [0.2, 0.25) is 0 Å². The molecule has 0 aliphatic carbocycles. The first-order valence-corrected chi connectivity index (χ1v) is 7.39. The second-order valence-corrected chi connectivity index (χ2v) is 5.54. The summed E-state index contributed by atoms with van der Waals surface area (Å²) in [5.41, 5.74) is 0.379. The smallest absolute Gasteiger partial charge is 0.387 e. The molecule has 6 heteroatoms. The van der Waals surface area contributed by atoms with Gasteiger partial charge in [0.15, 0.2) is 0 Å². The Kier molecular flexibility index (Phi) is 7.35. The summed E-state index contributed by atoms with van der Waals surface area (Å²) >= 11 is 5.89. The van der Waals surface area contributed by atoms with Gasteiger partial charge in [-0.2, -0.15) is 8.78 Å². The molecular weight excluding hydrogens is 300 g/mol. The van der Waals surface area contributed by atoms with E-state index in [2.05, 4.69) is 10.1 Å². The van der Waals surface area contributed by atoms with E-state index in [4.69, 9.17) is 11.6 Å². The van der Waals surface area contributed by atoms with E-state index in [1.165, 1.54) is 12.1 Å². The van der Waals surface area contributed by atoms with E-state index >= 15 is 0 Å². The minimum absolute atomic E-state index is 0.0862. The van der Waals surface area contributed by atoms with E-state index in [9.17, 15) is 13.9 Å². The van der Waals surface area contributed by atoms with Crippen LogP contribution in [0.25, 0.3) is 0 Å². The van der Waals surface area contributed by atoms with Crippen LogP contribution in [0.4, 0.5) is 8.78 Å². The largest absolute Gasteiger partial charge is 0.434 e. The van der Waals surface area contributed by atoms with Gasteiger partial charge in [-0.25, -0.2) is 0 Å². The predicted molar refractivity (Wildman–Crippen MR) is 79.9 cm³/mol. The average molecular weight is 322 g/mol. The van der Waals surface area contributed by atoms with Crippen LogP contribution in [0.2, 0.25) is 5.02 Å². The van der Waals surface area contributed by atoms with Crippen molar-refractivity contribution in [2.45, 2.75) is 39.8 Å². The molecule has 2 N–H and O–H groups in total. The van der Waals surface area contributed by atoms with E-state index in [-0.39, 0.29) is 17.8 Å². The highest BCUT2D eigenvalue weighted by molar-refractivity contribution is 6.30. The maximum absolute atomic E-state index is 12.4. The van der Waals surface area contributed by atoms with E-state index < -0.39 is 6.61 Å². The van der Waals surface area contributed by atoms with Crippen LogP contribution in [-0.4, -0.2) is 24.9 Å². The molecule has 0 amide bonds. The number of aliphatic hydroxyl groups excluding tert-OH is 1. The normalized spacial score (nSPS) is 12.0. The fourth-order valence-corrected chi connectivity index (χ4v) is 2.33. The van der Waals surface area contributed by atoms with E-state index in [0.717, 1.165) is 12.8 Å². The molecule has 21 heavy (non-hydrogen) atoms. The molecule has 0 atom stereocenters. The fourth-order valence-electron chi connectivity index (χ4n) is 2.14. The second-order valence-electron chi connectivity index (χ2n) is 5.10. The number of halogens is 3. The maximum atomic E-state index is 12.4. The van der Waals surface area contributed by atoms with Crippen molar-refractivity contribution < 1.29 is 18.6 Å². The predicted octanol–water partition coefficient (Wildman–Crippen LogP) is 3.83. The van der Waals surface area contributed by atoms with Crippen LogP contribution in [-0.2, 0) is 6.54 Å². The summed E-state index contributed by atoms with van der Waals surface area (Å²) in [6.07, 6.45) is 1.67. The Hall–Kier alpha value is -0.910. The van der Waals surface area contributed by atoms with Crippen molar-refractivity contribution in [2.75, 3.05) is 13.2 Å². The van der Waals surface area contributed by atoms with Gasteiger partial charge in [-0.1, -0.05) is 25.4 Å². The number of alkyl halides is 2. The topological polar surface area (TPSA) is 41.5 Å². The molecule has 1 rings (SSSR count). The second kappa shape index (κ2) is 8.51. The van der Waals surface area contributed by atoms with Gasteiger partial charge in [0, 0.05) is 35.7 Å². The summed E-state index contributed by atoms with van der Waals surface area (Å²) in [4.78, 5) is 0. The Morgan fingerprint density at radius 1 is 1.33 bits per heavy atom. The van der Waals surface area contributed by atoms with Gasteiger partial charge in [-0.3, -0.25) is 0 Å². The fraction of sp³-hybridized carbons (Fsp3) is 0.600. The summed E-state index contributed by atoms with van der Waals surface area (Å²) in [5, 5.41) is 13.2. The van der Waals surface area contributed by atoms with Crippen molar-refractivity contribution in [2.24, 2.45) is 5.41 Å². The summed E-state index contributed by atoms with van der Waals surface area (Å²) in [6.45, 7) is 2.20. The molecule has 0 aliphatic rings. The summed E-state index contributed by atoms with van der Waals surface area (Å²) in [5.74, 6) is 0.115. The van der Waals surface area contributed by atoms with Crippen molar-refractivity contribution in [3.8, 4) is 5.75 Å². The molecule has 0 aliphatic heterocycles. The molecule has 0 aromatic heterocycles. The van der Waals surface area contributed by atoms with E-state index in [1.807, 2.05) is 13.8 Å². The Balaban J connectivity index is 2.72. The van der Waals surface area contributed by atoms with E-state index in [0.29, 0.717) is 23.7 Å². The van der Waals surface area contributed by atoms with Crippen molar-refractivity contribution in [1.29, 1.82) is 0 Å². The van der Waals surface area contributed by atoms with Crippen LogP contribution in [0.15, 0.2) is 18.2 Å². The summed E-state index contributed by atoms with van der Waals surface area (Å²) in [7, 11) is 0. The lowest BCUT2D eigenvalue weighted by atomic mass is 9.83. The van der Waals surface area contributed by atoms with Gasteiger partial charge in [-0.05, 0) is 31.0 Å². The quantitative estimate of drug-likeness (QED) is 0.726. The molecule has 0 radical (unpaired) electrons. The van der Waals surface area contributed by atoms with Crippen LogP contribution in [0.1, 0.15) is 32.3 Å². The lowest BCUT2D eigenvalue weighted by molar-refractivity contribution is -0.0505. The third-order valence-corrected chi connectivity index (χ3v) is 4.12. The average Bonchev–Trinajstić information content (AvgIpc) is 2.46. The summed E-state index contributed by atoms with van der Waals surface area (Å²) in [6, 6.07) is 4.55. The Morgan fingerprint density at radius 2 is 2.00 bits per heavy atom. The Bertz CT molecular complexity index is 431. The number of benzene rings is 1. The van der Waals surface area contributed by atoms with Gasteiger partial charge >= 0.3 is 6.61 Å². The number of ether oxygens (including phenoxy) is 1. The van der Waals surface area contributed by atoms with Crippen LogP contribution < -0.4 is 10.1 Å². The molecule has 0 spiro atoms. The van der Waals surface area contributed by atoms with Crippen LogP contribution >= 0.6 is 11.6 Å². The highest BCUT2D eigenvalue weighted by atomic mass is 35.5. The van der Waals surface area contributed by atoms with Gasteiger partial charge in [0.05, 0.1) is 0 Å². The van der Waals surface area contributed by atoms with Crippen molar-refractivity contribution in [3.63, 3.8) is 0 Å². The molecule has 3 nitrogen and oxygen atoms in total. The third-order valence-electron chi connectivity index (χ3n) is 3.89. The van der Waals surface area contributed by atoms with Gasteiger partial charge in [-0.15, -0.1) is 0 Å². The highest BCUT2D eigenvalue weighted by Crippen LogP contribution is 2.27. The SMILES string of the molecule is CCC(CC)(CO)CNCc1cc(Cl)ccc1OC(F)F. The van der Waals surface area contributed by atoms with Crippen LogP contribution in [0.5, 0.6) is 5.75 Å². The lowest BCUT2D eigenvalue weighted by Crippen LogP contribution is -2.36. The molecular formula is C15H22ClF2NO2. The highest BCUT2D eigenvalue weighted by Gasteiger charge is 2.24. The maximum Gasteiger partial charge on any atom is 0.387 e. The first-order chi connectivity index (χ1) is 9.96. The molecule has 1 aromatic carbocycles. The van der Waals surface area contributed by atoms with Crippen molar-refractivity contribution in [3.05, 3.63) is 28.8 Å². The van der Waals surface area contributed by atoms with Crippen molar-refractivity contribution in [1.82, 2.24) is 5.32 Å². The van der Waals surface area contributed by atoms with Crippen molar-refractivity contribution >= 4 is 11.6 Å².